The molecule has 24 heavy (non-hydrogen) atoms. The third-order valence-electron chi connectivity index (χ3n) is 4.32. The van der Waals surface area contributed by atoms with E-state index in [9.17, 15) is 4.79 Å². The summed E-state index contributed by atoms with van der Waals surface area (Å²) in [6.07, 6.45) is 6.78. The van der Waals surface area contributed by atoms with Crippen molar-refractivity contribution in [1.82, 2.24) is 19.8 Å². The number of imidazole rings is 1. The second kappa shape index (κ2) is 8.62. The van der Waals surface area contributed by atoms with Crippen LogP contribution in [0.3, 0.4) is 0 Å². The van der Waals surface area contributed by atoms with Crippen LogP contribution in [0.4, 0.5) is 0 Å². The van der Waals surface area contributed by atoms with Crippen molar-refractivity contribution in [2.75, 3.05) is 33.4 Å². The van der Waals surface area contributed by atoms with E-state index < -0.39 is 0 Å². The maximum atomic E-state index is 12.0. The molecule has 0 saturated carbocycles. The molecule has 1 aliphatic rings. The Kier molecular flexibility index (Phi) is 6.80. The highest BCUT2D eigenvalue weighted by Crippen LogP contribution is 2.25. The second-order valence-corrected chi connectivity index (χ2v) is 7.66. The van der Waals surface area contributed by atoms with Crippen LogP contribution in [0.15, 0.2) is 12.4 Å². The Morgan fingerprint density at radius 3 is 2.92 bits per heavy atom. The monoisotopic (exact) mass is 336 g/mol. The lowest BCUT2D eigenvalue weighted by atomic mass is 9.97. The maximum absolute atomic E-state index is 12.0. The van der Waals surface area contributed by atoms with Crippen LogP contribution in [0.5, 0.6) is 0 Å². The van der Waals surface area contributed by atoms with Crippen LogP contribution in [-0.4, -0.2) is 59.2 Å². The molecule has 1 aromatic rings. The molecule has 0 aromatic carbocycles. The van der Waals surface area contributed by atoms with Crippen molar-refractivity contribution in [3.63, 3.8) is 0 Å². The molecule has 1 fully saturated rings. The van der Waals surface area contributed by atoms with Crippen molar-refractivity contribution in [3.8, 4) is 0 Å². The standard InChI is InChI=1S/C18H32N4O2/c1-18(2,3)20-16(23)7-10-21-9-5-6-15(14-21)17-19-8-11-22(17)12-13-24-4/h8,11,15H,5-7,9-10,12-14H2,1-4H3,(H,20,23)/t15-/m1/s1. The molecular formula is C18H32N4O2. The third-order valence-corrected chi connectivity index (χ3v) is 4.32. The number of likely N-dealkylation sites (tertiary alicyclic amines) is 1. The van der Waals surface area contributed by atoms with E-state index >= 15 is 0 Å². The first-order valence-corrected chi connectivity index (χ1v) is 8.92. The molecule has 0 radical (unpaired) electrons. The van der Waals surface area contributed by atoms with Gasteiger partial charge in [0.05, 0.1) is 6.61 Å². The van der Waals surface area contributed by atoms with E-state index in [2.05, 4.69) is 19.8 Å². The maximum Gasteiger partial charge on any atom is 0.221 e. The SMILES string of the molecule is COCCn1ccnc1[C@@H]1CCCN(CCC(=O)NC(C)(C)C)C1. The molecule has 1 aliphatic heterocycles. The number of piperidine rings is 1. The second-order valence-electron chi connectivity index (χ2n) is 7.66. The summed E-state index contributed by atoms with van der Waals surface area (Å²) in [7, 11) is 1.72. The van der Waals surface area contributed by atoms with Gasteiger partial charge in [0.25, 0.3) is 0 Å². The molecule has 6 nitrogen and oxygen atoms in total. The van der Waals surface area contributed by atoms with Gasteiger partial charge in [-0.2, -0.15) is 0 Å². The fourth-order valence-corrected chi connectivity index (χ4v) is 3.27. The molecule has 2 heterocycles. The zero-order chi connectivity index (χ0) is 17.6. The topological polar surface area (TPSA) is 59.4 Å². The van der Waals surface area contributed by atoms with E-state index in [1.54, 1.807) is 7.11 Å². The summed E-state index contributed by atoms with van der Waals surface area (Å²) in [5.41, 5.74) is -0.159. The van der Waals surface area contributed by atoms with E-state index in [0.29, 0.717) is 18.9 Å². The Morgan fingerprint density at radius 1 is 1.42 bits per heavy atom. The van der Waals surface area contributed by atoms with Gasteiger partial charge in [0.1, 0.15) is 5.82 Å². The van der Waals surface area contributed by atoms with Crippen molar-refractivity contribution >= 4 is 5.91 Å². The molecule has 0 spiro atoms. The van der Waals surface area contributed by atoms with Crippen molar-refractivity contribution in [3.05, 3.63) is 18.2 Å². The van der Waals surface area contributed by atoms with Gasteiger partial charge in [0, 0.05) is 57.0 Å². The first-order chi connectivity index (χ1) is 11.4. The number of nitrogens with one attached hydrogen (secondary N) is 1. The molecule has 1 saturated heterocycles. The molecule has 0 aliphatic carbocycles. The van der Waals surface area contributed by atoms with Gasteiger partial charge in [-0.3, -0.25) is 4.79 Å². The van der Waals surface area contributed by atoms with Gasteiger partial charge < -0.3 is 19.5 Å². The van der Waals surface area contributed by atoms with Crippen LogP contribution in [0, 0.1) is 0 Å². The molecule has 6 heteroatoms. The number of nitrogens with zero attached hydrogens (tertiary/aromatic N) is 3. The molecule has 1 amide bonds. The predicted octanol–water partition coefficient (Wildman–Crippen LogP) is 2.01. The fourth-order valence-electron chi connectivity index (χ4n) is 3.27. The van der Waals surface area contributed by atoms with Crippen molar-refractivity contribution in [2.45, 2.75) is 58.0 Å². The van der Waals surface area contributed by atoms with Gasteiger partial charge in [-0.05, 0) is 40.2 Å². The highest BCUT2D eigenvalue weighted by Gasteiger charge is 2.25. The van der Waals surface area contributed by atoms with Crippen LogP contribution >= 0.6 is 0 Å². The van der Waals surface area contributed by atoms with E-state index in [4.69, 9.17) is 4.74 Å². The van der Waals surface area contributed by atoms with Gasteiger partial charge >= 0.3 is 0 Å². The lowest BCUT2D eigenvalue weighted by Crippen LogP contribution is -2.43. The molecule has 1 atom stereocenters. The third kappa shape index (κ3) is 5.91. The number of aromatic nitrogens is 2. The van der Waals surface area contributed by atoms with Gasteiger partial charge in [0.15, 0.2) is 0 Å². The number of carbonyl (C=O) groups excluding carboxylic acids is 1. The van der Waals surface area contributed by atoms with Crippen molar-refractivity contribution in [1.29, 1.82) is 0 Å². The van der Waals surface area contributed by atoms with Gasteiger partial charge in [-0.1, -0.05) is 0 Å². The van der Waals surface area contributed by atoms with E-state index in [1.165, 1.54) is 0 Å². The molecule has 2 rings (SSSR count). The fraction of sp³-hybridized carbons (Fsp3) is 0.778. The lowest BCUT2D eigenvalue weighted by molar-refractivity contribution is -0.122. The number of amides is 1. The van der Waals surface area contributed by atoms with Gasteiger partial charge in [0.2, 0.25) is 5.91 Å². The number of carbonyl (C=O) groups is 1. The summed E-state index contributed by atoms with van der Waals surface area (Å²) in [6, 6.07) is 0. The average Bonchev–Trinajstić information content (AvgIpc) is 2.98. The average molecular weight is 336 g/mol. The lowest BCUT2D eigenvalue weighted by Gasteiger charge is -2.32. The Bertz CT molecular complexity index is 521. The molecule has 0 unspecified atom stereocenters. The largest absolute Gasteiger partial charge is 0.383 e. The minimum absolute atomic E-state index is 0.131. The highest BCUT2D eigenvalue weighted by molar-refractivity contribution is 5.76. The van der Waals surface area contributed by atoms with Gasteiger partial charge in [-0.15, -0.1) is 0 Å². The zero-order valence-electron chi connectivity index (χ0n) is 15.5. The van der Waals surface area contributed by atoms with Crippen LogP contribution in [0.2, 0.25) is 0 Å². The van der Waals surface area contributed by atoms with E-state index in [1.807, 2.05) is 33.2 Å². The predicted molar refractivity (Wildman–Crippen MR) is 95.0 cm³/mol. The van der Waals surface area contributed by atoms with E-state index in [0.717, 1.165) is 44.8 Å². The Balaban J connectivity index is 1.86. The Hall–Kier alpha value is -1.40. The van der Waals surface area contributed by atoms with Crippen molar-refractivity contribution < 1.29 is 9.53 Å². The normalized spacial score (nSPS) is 19.4. The molecule has 136 valence electrons. The summed E-state index contributed by atoms with van der Waals surface area (Å²) in [5.74, 6) is 1.72. The first-order valence-electron chi connectivity index (χ1n) is 8.92. The summed E-state index contributed by atoms with van der Waals surface area (Å²) in [4.78, 5) is 19.0. The summed E-state index contributed by atoms with van der Waals surface area (Å²) in [5, 5.41) is 3.03. The van der Waals surface area contributed by atoms with E-state index in [-0.39, 0.29) is 11.4 Å². The number of ether oxygens (including phenoxy) is 1. The zero-order valence-corrected chi connectivity index (χ0v) is 15.5. The van der Waals surface area contributed by atoms with Crippen molar-refractivity contribution in [2.24, 2.45) is 0 Å². The van der Waals surface area contributed by atoms with Crippen LogP contribution in [-0.2, 0) is 16.1 Å². The molecule has 1 N–H and O–H groups in total. The Labute approximate surface area is 145 Å². The number of hydrogen-bond donors (Lipinski definition) is 1. The quantitative estimate of drug-likeness (QED) is 0.827. The smallest absolute Gasteiger partial charge is 0.221 e. The van der Waals surface area contributed by atoms with Crippen LogP contribution in [0.1, 0.15) is 51.8 Å². The van der Waals surface area contributed by atoms with Gasteiger partial charge in [-0.25, -0.2) is 4.98 Å². The minimum atomic E-state index is -0.159. The highest BCUT2D eigenvalue weighted by atomic mass is 16.5. The van der Waals surface area contributed by atoms with Crippen LogP contribution in [0.25, 0.3) is 0 Å². The summed E-state index contributed by atoms with van der Waals surface area (Å²) < 4.78 is 7.38. The summed E-state index contributed by atoms with van der Waals surface area (Å²) in [6.45, 7) is 10.5. The summed E-state index contributed by atoms with van der Waals surface area (Å²) >= 11 is 0. The minimum Gasteiger partial charge on any atom is -0.383 e. The van der Waals surface area contributed by atoms with Crippen LogP contribution < -0.4 is 5.32 Å². The number of hydrogen-bond acceptors (Lipinski definition) is 4. The Morgan fingerprint density at radius 2 is 2.21 bits per heavy atom. The molecular weight excluding hydrogens is 304 g/mol. The number of rotatable bonds is 7. The molecule has 0 bridgehead atoms. The number of methoxy groups -OCH3 is 1. The first kappa shape index (κ1) is 18.9. The molecule has 1 aromatic heterocycles.